The van der Waals surface area contributed by atoms with Crippen molar-refractivity contribution in [2.24, 2.45) is 0 Å². The maximum absolute atomic E-state index is 12.5. The Labute approximate surface area is 178 Å². The zero-order chi connectivity index (χ0) is 21.6. The highest BCUT2D eigenvalue weighted by Gasteiger charge is 2.10. The first-order chi connectivity index (χ1) is 15.1. The quantitative estimate of drug-likeness (QED) is 0.440. The van der Waals surface area contributed by atoms with Gasteiger partial charge in [0.1, 0.15) is 11.5 Å². The second kappa shape index (κ2) is 8.76. The van der Waals surface area contributed by atoms with E-state index >= 15 is 0 Å². The summed E-state index contributed by atoms with van der Waals surface area (Å²) in [6.45, 7) is 0. The molecule has 1 heterocycles. The van der Waals surface area contributed by atoms with E-state index in [0.29, 0.717) is 34.3 Å². The maximum atomic E-state index is 12.5. The first kappa shape index (κ1) is 19.6. The predicted molar refractivity (Wildman–Crippen MR) is 115 cm³/mol. The van der Waals surface area contributed by atoms with Crippen molar-refractivity contribution in [3.63, 3.8) is 0 Å². The summed E-state index contributed by atoms with van der Waals surface area (Å²) in [6.07, 6.45) is 1.57. The second-order valence-corrected chi connectivity index (χ2v) is 6.54. The molecule has 31 heavy (non-hydrogen) atoms. The van der Waals surface area contributed by atoms with Crippen LogP contribution >= 0.6 is 0 Å². The molecule has 7 nitrogen and oxygen atoms in total. The highest BCUT2D eigenvalue weighted by Crippen LogP contribution is 2.23. The van der Waals surface area contributed by atoms with E-state index in [1.165, 1.54) is 12.1 Å². The molecule has 2 N–H and O–H groups in total. The van der Waals surface area contributed by atoms with Crippen LogP contribution < -0.4 is 10.1 Å². The molecule has 0 aliphatic heterocycles. The number of ketones is 1. The molecule has 7 heteroatoms. The molecular formula is C24H16N4O3. The van der Waals surface area contributed by atoms with E-state index in [1.807, 2.05) is 0 Å². The van der Waals surface area contributed by atoms with E-state index < -0.39 is 0 Å². The van der Waals surface area contributed by atoms with Gasteiger partial charge in [-0.2, -0.15) is 10.2 Å². The molecule has 0 saturated heterocycles. The smallest absolute Gasteiger partial charge is 0.230 e. The lowest BCUT2D eigenvalue weighted by atomic mass is 10.0. The Balaban J connectivity index is 1.44. The van der Waals surface area contributed by atoms with Gasteiger partial charge in [-0.1, -0.05) is 0 Å². The van der Waals surface area contributed by atoms with E-state index in [9.17, 15) is 9.90 Å². The fourth-order valence-corrected chi connectivity index (χ4v) is 2.79. The summed E-state index contributed by atoms with van der Waals surface area (Å²) >= 11 is 0. The van der Waals surface area contributed by atoms with Gasteiger partial charge in [0.25, 0.3) is 0 Å². The minimum absolute atomic E-state index is 0.109. The second-order valence-electron chi connectivity index (χ2n) is 6.54. The molecule has 0 aliphatic carbocycles. The van der Waals surface area contributed by atoms with Crippen LogP contribution in [-0.4, -0.2) is 20.9 Å². The number of nitrogens with zero attached hydrogens (tertiary/aromatic N) is 3. The van der Waals surface area contributed by atoms with Crippen molar-refractivity contribution in [1.29, 1.82) is 5.26 Å². The molecule has 0 aliphatic rings. The summed E-state index contributed by atoms with van der Waals surface area (Å²) in [5.41, 5.74) is 2.30. The Hall–Kier alpha value is -4.70. The SMILES string of the molecule is N#Cc1ccc(Nc2nccc(Oc3ccc(C(=O)c4ccc(O)cc4)cc3)n2)cc1. The topological polar surface area (TPSA) is 108 Å². The van der Waals surface area contributed by atoms with Crippen LogP contribution in [0.3, 0.4) is 0 Å². The summed E-state index contributed by atoms with van der Waals surface area (Å²) in [5, 5.41) is 21.3. The number of nitriles is 1. The standard InChI is InChI=1S/C24H16N4O3/c25-15-16-1-7-19(8-2-16)27-24-26-14-13-22(28-24)31-21-11-5-18(6-12-21)23(30)17-3-9-20(29)10-4-17/h1-14,29H,(H,26,27,28). The number of hydrogen-bond donors (Lipinski definition) is 2. The Morgan fingerprint density at radius 2 is 1.55 bits per heavy atom. The van der Waals surface area contributed by atoms with Crippen LogP contribution in [0.4, 0.5) is 11.6 Å². The van der Waals surface area contributed by atoms with E-state index in [0.717, 1.165) is 5.69 Å². The van der Waals surface area contributed by atoms with Crippen molar-refractivity contribution < 1.29 is 14.6 Å². The summed E-state index contributed by atoms with van der Waals surface area (Å²) in [4.78, 5) is 21.0. The van der Waals surface area contributed by atoms with E-state index in [-0.39, 0.29) is 11.5 Å². The minimum Gasteiger partial charge on any atom is -0.508 e. The van der Waals surface area contributed by atoms with Gasteiger partial charge in [0.2, 0.25) is 11.8 Å². The third kappa shape index (κ3) is 4.83. The number of aromatic nitrogens is 2. The summed E-state index contributed by atoms with van der Waals surface area (Å²) in [6, 6.07) is 23.4. The average Bonchev–Trinajstić information content (AvgIpc) is 2.80. The molecule has 0 fully saturated rings. The van der Waals surface area contributed by atoms with Crippen molar-refractivity contribution >= 4 is 17.4 Å². The van der Waals surface area contributed by atoms with Crippen molar-refractivity contribution in [3.05, 3.63) is 102 Å². The number of phenolic OH excluding ortho intramolecular Hbond substituents is 1. The number of hydrogen-bond acceptors (Lipinski definition) is 7. The van der Waals surface area contributed by atoms with Crippen LogP contribution in [0.2, 0.25) is 0 Å². The zero-order valence-corrected chi connectivity index (χ0v) is 16.2. The molecule has 3 aromatic carbocycles. The number of carbonyl (C=O) groups excluding carboxylic acids is 1. The number of nitrogens with one attached hydrogen (secondary N) is 1. The fourth-order valence-electron chi connectivity index (χ4n) is 2.79. The molecule has 0 spiro atoms. The number of aromatic hydroxyl groups is 1. The predicted octanol–water partition coefficient (Wildman–Crippen LogP) is 4.82. The molecule has 4 rings (SSSR count). The Bertz CT molecular complexity index is 1250. The summed E-state index contributed by atoms with van der Waals surface area (Å²) in [5.74, 6) is 1.16. The summed E-state index contributed by atoms with van der Waals surface area (Å²) in [7, 11) is 0. The molecule has 0 atom stereocenters. The lowest BCUT2D eigenvalue weighted by molar-refractivity contribution is 0.103. The number of carbonyl (C=O) groups is 1. The third-order valence-corrected chi connectivity index (χ3v) is 4.37. The van der Waals surface area contributed by atoms with Gasteiger partial charge in [0.15, 0.2) is 5.78 Å². The Kier molecular flexibility index (Phi) is 5.54. The van der Waals surface area contributed by atoms with Gasteiger partial charge in [-0.3, -0.25) is 4.79 Å². The molecule has 0 saturated carbocycles. The Morgan fingerprint density at radius 3 is 2.19 bits per heavy atom. The van der Waals surface area contributed by atoms with Gasteiger partial charge in [-0.25, -0.2) is 4.98 Å². The van der Waals surface area contributed by atoms with Gasteiger partial charge < -0.3 is 15.2 Å². The molecule has 4 aromatic rings. The first-order valence-corrected chi connectivity index (χ1v) is 9.32. The van der Waals surface area contributed by atoms with Crippen LogP contribution in [0.15, 0.2) is 85.1 Å². The van der Waals surface area contributed by atoms with Crippen LogP contribution in [-0.2, 0) is 0 Å². The number of anilines is 2. The molecule has 0 unspecified atom stereocenters. The largest absolute Gasteiger partial charge is 0.508 e. The van der Waals surface area contributed by atoms with Crippen molar-refractivity contribution in [1.82, 2.24) is 9.97 Å². The van der Waals surface area contributed by atoms with Gasteiger partial charge in [0, 0.05) is 29.1 Å². The third-order valence-electron chi connectivity index (χ3n) is 4.37. The number of ether oxygens (including phenoxy) is 1. The summed E-state index contributed by atoms with van der Waals surface area (Å²) < 4.78 is 5.77. The molecule has 0 bridgehead atoms. The van der Waals surface area contributed by atoms with Crippen LogP contribution in [0, 0.1) is 11.3 Å². The number of rotatable bonds is 6. The average molecular weight is 408 g/mol. The normalized spacial score (nSPS) is 10.2. The molecule has 0 amide bonds. The number of benzene rings is 3. The molecule has 1 aromatic heterocycles. The zero-order valence-electron chi connectivity index (χ0n) is 16.2. The Morgan fingerprint density at radius 1 is 0.903 bits per heavy atom. The van der Waals surface area contributed by atoms with Crippen molar-refractivity contribution in [2.75, 3.05) is 5.32 Å². The van der Waals surface area contributed by atoms with Gasteiger partial charge in [0.05, 0.1) is 11.6 Å². The van der Waals surface area contributed by atoms with Gasteiger partial charge in [-0.05, 0) is 72.8 Å². The number of phenols is 1. The van der Waals surface area contributed by atoms with E-state index in [1.54, 1.807) is 72.9 Å². The highest BCUT2D eigenvalue weighted by atomic mass is 16.5. The van der Waals surface area contributed by atoms with Crippen molar-refractivity contribution in [2.45, 2.75) is 0 Å². The molecular weight excluding hydrogens is 392 g/mol. The van der Waals surface area contributed by atoms with E-state index in [4.69, 9.17) is 10.00 Å². The lowest BCUT2D eigenvalue weighted by Gasteiger charge is -2.08. The lowest BCUT2D eigenvalue weighted by Crippen LogP contribution is -2.01. The fraction of sp³-hybridized carbons (Fsp3) is 0. The van der Waals surface area contributed by atoms with Crippen LogP contribution in [0.1, 0.15) is 21.5 Å². The highest BCUT2D eigenvalue weighted by molar-refractivity contribution is 6.09. The van der Waals surface area contributed by atoms with Crippen molar-refractivity contribution in [3.8, 4) is 23.4 Å². The molecule has 0 radical (unpaired) electrons. The maximum Gasteiger partial charge on any atom is 0.230 e. The van der Waals surface area contributed by atoms with Crippen LogP contribution in [0.5, 0.6) is 17.4 Å². The van der Waals surface area contributed by atoms with Crippen LogP contribution in [0.25, 0.3) is 0 Å². The van der Waals surface area contributed by atoms with Gasteiger partial charge >= 0.3 is 0 Å². The monoisotopic (exact) mass is 408 g/mol. The molecule has 150 valence electrons. The first-order valence-electron chi connectivity index (χ1n) is 9.32. The van der Waals surface area contributed by atoms with E-state index in [2.05, 4.69) is 21.4 Å². The minimum atomic E-state index is -0.150. The van der Waals surface area contributed by atoms with Gasteiger partial charge in [-0.15, -0.1) is 0 Å².